The SMILES string of the molecule is CN(Cc1ccc(Cl)c(Cl)c1)C(=O)COc1ccc(S(N)(=O)=O)cc1[N+](=O)[O-]. The highest BCUT2D eigenvalue weighted by atomic mass is 35.5. The molecule has 0 saturated carbocycles. The summed E-state index contributed by atoms with van der Waals surface area (Å²) >= 11 is 11.8. The van der Waals surface area contributed by atoms with Gasteiger partial charge < -0.3 is 9.64 Å². The number of primary sulfonamides is 1. The van der Waals surface area contributed by atoms with Crippen LogP contribution in [0.2, 0.25) is 10.0 Å². The lowest BCUT2D eigenvalue weighted by atomic mass is 10.2. The minimum atomic E-state index is -4.12. The van der Waals surface area contributed by atoms with E-state index in [1.165, 1.54) is 11.9 Å². The number of nitro groups is 1. The minimum absolute atomic E-state index is 0.214. The number of likely N-dealkylation sites (N-methyl/N-ethyl adjacent to an activating group) is 1. The lowest BCUT2D eigenvalue weighted by Crippen LogP contribution is -2.31. The molecule has 28 heavy (non-hydrogen) atoms. The number of rotatable bonds is 7. The number of nitrogens with zero attached hydrogens (tertiary/aromatic N) is 2. The molecular formula is C16H15Cl2N3O6S. The van der Waals surface area contributed by atoms with Crippen LogP contribution in [-0.2, 0) is 21.4 Å². The Morgan fingerprint density at radius 3 is 2.46 bits per heavy atom. The van der Waals surface area contributed by atoms with E-state index in [1.54, 1.807) is 18.2 Å². The van der Waals surface area contributed by atoms with Crippen LogP contribution < -0.4 is 9.88 Å². The summed E-state index contributed by atoms with van der Waals surface area (Å²) in [7, 11) is -2.60. The molecule has 2 rings (SSSR count). The van der Waals surface area contributed by atoms with E-state index < -0.39 is 38.0 Å². The molecule has 150 valence electrons. The van der Waals surface area contributed by atoms with Crippen LogP contribution >= 0.6 is 23.2 Å². The van der Waals surface area contributed by atoms with E-state index in [9.17, 15) is 23.3 Å². The number of sulfonamides is 1. The van der Waals surface area contributed by atoms with Gasteiger partial charge in [-0.15, -0.1) is 0 Å². The van der Waals surface area contributed by atoms with Crippen LogP contribution in [0.3, 0.4) is 0 Å². The highest BCUT2D eigenvalue weighted by Crippen LogP contribution is 2.29. The molecule has 0 bridgehead atoms. The molecule has 0 spiro atoms. The first kappa shape index (κ1) is 21.9. The zero-order chi connectivity index (χ0) is 21.1. The van der Waals surface area contributed by atoms with Crippen molar-refractivity contribution in [2.24, 2.45) is 5.14 Å². The fourth-order valence-electron chi connectivity index (χ4n) is 2.19. The summed E-state index contributed by atoms with van der Waals surface area (Å²) in [6, 6.07) is 7.83. The zero-order valence-electron chi connectivity index (χ0n) is 14.5. The Hall–Kier alpha value is -2.40. The number of hydrogen-bond acceptors (Lipinski definition) is 6. The third-order valence-corrected chi connectivity index (χ3v) is 5.29. The van der Waals surface area contributed by atoms with Crippen LogP contribution in [0.15, 0.2) is 41.3 Å². The topological polar surface area (TPSA) is 133 Å². The fourth-order valence-corrected chi connectivity index (χ4v) is 3.04. The molecule has 0 fully saturated rings. The number of hydrogen-bond donors (Lipinski definition) is 1. The number of ether oxygens (including phenoxy) is 1. The van der Waals surface area contributed by atoms with Crippen molar-refractivity contribution >= 4 is 44.8 Å². The Balaban J connectivity index is 2.09. The molecule has 0 heterocycles. The summed E-state index contributed by atoms with van der Waals surface area (Å²) in [4.78, 5) is 23.5. The predicted octanol–water partition coefficient (Wildman–Crippen LogP) is 2.59. The molecule has 0 radical (unpaired) electrons. The number of nitrogens with two attached hydrogens (primary N) is 1. The highest BCUT2D eigenvalue weighted by Gasteiger charge is 2.21. The molecule has 0 aliphatic rings. The normalized spacial score (nSPS) is 11.1. The summed E-state index contributed by atoms with van der Waals surface area (Å²) in [6.45, 7) is -0.279. The first-order valence-electron chi connectivity index (χ1n) is 7.61. The van der Waals surface area contributed by atoms with Gasteiger partial charge >= 0.3 is 5.69 Å². The van der Waals surface area contributed by atoms with Gasteiger partial charge in [0.15, 0.2) is 12.4 Å². The molecule has 0 saturated heterocycles. The van der Waals surface area contributed by atoms with Gasteiger partial charge in [0.05, 0.1) is 19.9 Å². The van der Waals surface area contributed by atoms with Gasteiger partial charge in [0, 0.05) is 19.7 Å². The molecule has 0 unspecified atom stereocenters. The third kappa shape index (κ3) is 5.55. The number of nitro benzene ring substituents is 1. The Morgan fingerprint density at radius 2 is 1.89 bits per heavy atom. The van der Waals surface area contributed by atoms with Gasteiger partial charge in [-0.2, -0.15) is 0 Å². The molecule has 0 aliphatic carbocycles. The number of carbonyl (C=O) groups is 1. The zero-order valence-corrected chi connectivity index (χ0v) is 16.8. The molecular weight excluding hydrogens is 433 g/mol. The van der Waals surface area contributed by atoms with Crippen LogP contribution in [-0.4, -0.2) is 37.8 Å². The summed E-state index contributed by atoms with van der Waals surface area (Å²) in [6.07, 6.45) is 0. The number of benzene rings is 2. The van der Waals surface area contributed by atoms with E-state index in [0.717, 1.165) is 23.8 Å². The van der Waals surface area contributed by atoms with Crippen molar-refractivity contribution < 1.29 is 22.9 Å². The third-order valence-electron chi connectivity index (χ3n) is 3.64. The number of amides is 1. The monoisotopic (exact) mass is 447 g/mol. The van der Waals surface area contributed by atoms with Gasteiger partial charge in [-0.3, -0.25) is 14.9 Å². The highest BCUT2D eigenvalue weighted by molar-refractivity contribution is 7.89. The summed E-state index contributed by atoms with van der Waals surface area (Å²) in [5, 5.41) is 16.8. The van der Waals surface area contributed by atoms with E-state index >= 15 is 0 Å². The van der Waals surface area contributed by atoms with Crippen LogP contribution in [0.5, 0.6) is 5.75 Å². The maximum absolute atomic E-state index is 12.2. The quantitative estimate of drug-likeness (QED) is 0.511. The van der Waals surface area contributed by atoms with Gasteiger partial charge in [0.25, 0.3) is 5.91 Å². The average Bonchev–Trinajstić information content (AvgIpc) is 2.61. The summed E-state index contributed by atoms with van der Waals surface area (Å²) in [5.74, 6) is -0.718. The Labute approximate surface area is 170 Å². The molecule has 0 aromatic heterocycles. The summed E-state index contributed by atoms with van der Waals surface area (Å²) < 4.78 is 27.9. The second kappa shape index (κ2) is 8.74. The van der Waals surface area contributed by atoms with Crippen LogP contribution in [0.25, 0.3) is 0 Å². The number of halogens is 2. The molecule has 2 aromatic carbocycles. The average molecular weight is 448 g/mol. The van der Waals surface area contributed by atoms with Crippen molar-refractivity contribution in [3.8, 4) is 5.75 Å². The van der Waals surface area contributed by atoms with E-state index in [1.807, 2.05) is 0 Å². The van der Waals surface area contributed by atoms with Gasteiger partial charge in [-0.1, -0.05) is 29.3 Å². The molecule has 0 atom stereocenters. The van der Waals surface area contributed by atoms with Crippen LogP contribution in [0, 0.1) is 10.1 Å². The minimum Gasteiger partial charge on any atom is -0.477 e. The maximum Gasteiger partial charge on any atom is 0.312 e. The molecule has 0 aliphatic heterocycles. The van der Waals surface area contributed by atoms with Crippen LogP contribution in [0.4, 0.5) is 5.69 Å². The molecule has 2 aromatic rings. The second-order valence-corrected chi connectivity index (χ2v) is 8.09. The first-order valence-corrected chi connectivity index (χ1v) is 9.91. The van der Waals surface area contributed by atoms with E-state index in [4.69, 9.17) is 33.1 Å². The molecule has 9 nitrogen and oxygen atoms in total. The predicted molar refractivity (Wildman–Crippen MR) is 103 cm³/mol. The Kier molecular flexibility index (Phi) is 6.83. The van der Waals surface area contributed by atoms with Gasteiger partial charge in [0.1, 0.15) is 0 Å². The van der Waals surface area contributed by atoms with Crippen molar-refractivity contribution in [1.29, 1.82) is 0 Å². The largest absolute Gasteiger partial charge is 0.477 e. The van der Waals surface area contributed by atoms with Crippen LogP contribution in [0.1, 0.15) is 5.56 Å². The van der Waals surface area contributed by atoms with E-state index in [2.05, 4.69) is 0 Å². The molecule has 1 amide bonds. The van der Waals surface area contributed by atoms with Gasteiger partial charge in [0.2, 0.25) is 10.0 Å². The fraction of sp³-hybridized carbons (Fsp3) is 0.188. The second-order valence-electron chi connectivity index (χ2n) is 5.72. The lowest BCUT2D eigenvalue weighted by molar-refractivity contribution is -0.386. The lowest BCUT2D eigenvalue weighted by Gasteiger charge is -2.18. The molecule has 12 heteroatoms. The first-order chi connectivity index (χ1) is 13.0. The van der Waals surface area contributed by atoms with Gasteiger partial charge in [-0.25, -0.2) is 13.6 Å². The van der Waals surface area contributed by atoms with Crippen molar-refractivity contribution in [3.05, 3.63) is 62.1 Å². The van der Waals surface area contributed by atoms with Crippen molar-refractivity contribution in [2.75, 3.05) is 13.7 Å². The Bertz CT molecular complexity index is 1030. The summed E-state index contributed by atoms with van der Waals surface area (Å²) in [5.41, 5.74) is 0.111. The van der Waals surface area contributed by atoms with Crippen molar-refractivity contribution in [2.45, 2.75) is 11.4 Å². The van der Waals surface area contributed by atoms with Crippen molar-refractivity contribution in [1.82, 2.24) is 4.90 Å². The standard InChI is InChI=1S/C16H15Cl2N3O6S/c1-20(8-10-2-4-12(17)13(18)6-10)16(22)9-27-15-5-3-11(28(19,25)26)7-14(15)21(23)24/h2-7H,8-9H2,1H3,(H2,19,25,26). The number of carbonyl (C=O) groups excluding carboxylic acids is 1. The smallest absolute Gasteiger partial charge is 0.312 e. The van der Waals surface area contributed by atoms with E-state index in [-0.39, 0.29) is 12.3 Å². The Morgan fingerprint density at radius 1 is 1.21 bits per heavy atom. The molecule has 2 N–H and O–H groups in total. The van der Waals surface area contributed by atoms with Crippen molar-refractivity contribution in [3.63, 3.8) is 0 Å². The van der Waals surface area contributed by atoms with E-state index in [0.29, 0.717) is 10.0 Å². The van der Waals surface area contributed by atoms with Gasteiger partial charge in [-0.05, 0) is 29.8 Å². The maximum atomic E-state index is 12.2.